The third-order valence-corrected chi connectivity index (χ3v) is 4.77. The molecule has 0 radical (unpaired) electrons. The minimum atomic E-state index is 0.472. The second-order valence-corrected chi connectivity index (χ2v) is 7.11. The maximum Gasteiger partial charge on any atom is 0.0524 e. The molecule has 0 bridgehead atoms. The van der Waals surface area contributed by atoms with Crippen LogP contribution in [0.2, 0.25) is 0 Å². The molecule has 2 rings (SSSR count). The van der Waals surface area contributed by atoms with Crippen molar-refractivity contribution in [2.75, 3.05) is 13.1 Å². The molecule has 3 nitrogen and oxygen atoms in total. The number of hydrogen-bond acceptors (Lipinski definition) is 2. The topological polar surface area (TPSA) is 29.9 Å². The van der Waals surface area contributed by atoms with E-state index in [0.29, 0.717) is 11.3 Å². The highest BCUT2D eigenvalue weighted by atomic mass is 15.3. The Morgan fingerprint density at radius 1 is 1.40 bits per heavy atom. The van der Waals surface area contributed by atoms with Crippen LogP contribution < -0.4 is 5.32 Å². The molecule has 1 fully saturated rings. The molecule has 3 heteroatoms. The van der Waals surface area contributed by atoms with Gasteiger partial charge in [-0.15, -0.1) is 0 Å². The smallest absolute Gasteiger partial charge is 0.0524 e. The highest BCUT2D eigenvalue weighted by molar-refractivity contribution is 5.15. The molecule has 2 atom stereocenters. The fourth-order valence-corrected chi connectivity index (χ4v) is 3.48. The highest BCUT2D eigenvalue weighted by Gasteiger charge is 2.35. The number of rotatable bonds is 6. The van der Waals surface area contributed by atoms with Crippen LogP contribution in [0.25, 0.3) is 0 Å². The largest absolute Gasteiger partial charge is 0.316 e. The van der Waals surface area contributed by atoms with Gasteiger partial charge in [0.05, 0.1) is 6.20 Å². The molecule has 1 aromatic heterocycles. The molecule has 1 heterocycles. The van der Waals surface area contributed by atoms with Crippen LogP contribution in [0.4, 0.5) is 0 Å². The number of hydrogen-bond donors (Lipinski definition) is 1. The van der Waals surface area contributed by atoms with Crippen molar-refractivity contribution in [1.82, 2.24) is 15.1 Å². The summed E-state index contributed by atoms with van der Waals surface area (Å²) in [5, 5.41) is 8.11. The first-order valence-electron chi connectivity index (χ1n) is 8.29. The number of aromatic nitrogens is 2. The molecule has 0 amide bonds. The number of aryl methyl sites for hydroxylation is 1. The predicted octanol–water partition coefficient (Wildman–Crippen LogP) is 3.81. The molecular weight excluding hydrogens is 246 g/mol. The monoisotopic (exact) mass is 277 g/mol. The van der Waals surface area contributed by atoms with Crippen molar-refractivity contribution < 1.29 is 0 Å². The Bertz CT molecular complexity index is 408. The van der Waals surface area contributed by atoms with E-state index in [1.807, 2.05) is 0 Å². The van der Waals surface area contributed by atoms with Crippen LogP contribution >= 0.6 is 0 Å². The van der Waals surface area contributed by atoms with E-state index >= 15 is 0 Å². The van der Waals surface area contributed by atoms with E-state index in [-0.39, 0.29) is 0 Å². The molecule has 1 aliphatic rings. The average molecular weight is 277 g/mol. The van der Waals surface area contributed by atoms with Crippen molar-refractivity contribution in [2.24, 2.45) is 11.3 Å². The van der Waals surface area contributed by atoms with Crippen molar-refractivity contribution in [3.63, 3.8) is 0 Å². The zero-order chi connectivity index (χ0) is 14.6. The molecule has 1 aliphatic carbocycles. The molecule has 0 spiro atoms. The van der Waals surface area contributed by atoms with E-state index in [0.717, 1.165) is 25.6 Å². The molecule has 20 heavy (non-hydrogen) atoms. The first-order valence-corrected chi connectivity index (χ1v) is 8.29. The first kappa shape index (κ1) is 15.6. The van der Waals surface area contributed by atoms with E-state index in [4.69, 9.17) is 0 Å². The van der Waals surface area contributed by atoms with Crippen LogP contribution in [0, 0.1) is 11.3 Å². The molecule has 1 N–H and O–H groups in total. The Hall–Kier alpha value is -0.830. The van der Waals surface area contributed by atoms with Crippen molar-refractivity contribution in [2.45, 2.75) is 65.8 Å². The lowest BCUT2D eigenvalue weighted by molar-refractivity contribution is 0.160. The van der Waals surface area contributed by atoms with Crippen molar-refractivity contribution >= 4 is 0 Å². The van der Waals surface area contributed by atoms with Gasteiger partial charge in [-0.2, -0.15) is 5.10 Å². The summed E-state index contributed by atoms with van der Waals surface area (Å²) >= 11 is 0. The van der Waals surface area contributed by atoms with Gasteiger partial charge in [0.2, 0.25) is 0 Å². The van der Waals surface area contributed by atoms with Crippen LogP contribution in [0.5, 0.6) is 0 Å². The molecule has 1 saturated carbocycles. The fraction of sp³-hybridized carbons (Fsp3) is 0.824. The highest BCUT2D eigenvalue weighted by Crippen LogP contribution is 2.46. The number of nitrogens with zero attached hydrogens (tertiary/aromatic N) is 2. The van der Waals surface area contributed by atoms with Gasteiger partial charge in [0.15, 0.2) is 0 Å². The third-order valence-electron chi connectivity index (χ3n) is 4.77. The third kappa shape index (κ3) is 3.85. The van der Waals surface area contributed by atoms with Gasteiger partial charge in [-0.05, 0) is 68.5 Å². The lowest BCUT2D eigenvalue weighted by atomic mass is 9.65. The molecule has 0 aromatic carbocycles. The van der Waals surface area contributed by atoms with E-state index in [1.54, 1.807) is 0 Å². The predicted molar refractivity (Wildman–Crippen MR) is 84.9 cm³/mol. The standard InChI is InChI=1S/C17H31N3/c1-5-9-18-11-14-7-8-17(3,4)10-16(14)15-12-19-20(6-2)13-15/h12-14,16,18H,5-11H2,1-4H3. The van der Waals surface area contributed by atoms with Gasteiger partial charge in [-0.25, -0.2) is 0 Å². The molecule has 0 saturated heterocycles. The zero-order valence-corrected chi connectivity index (χ0v) is 13.7. The van der Waals surface area contributed by atoms with E-state index < -0.39 is 0 Å². The molecule has 114 valence electrons. The van der Waals surface area contributed by atoms with Gasteiger partial charge in [-0.3, -0.25) is 4.68 Å². The molecule has 0 aliphatic heterocycles. The van der Waals surface area contributed by atoms with Gasteiger partial charge in [0, 0.05) is 12.7 Å². The van der Waals surface area contributed by atoms with Crippen LogP contribution in [0.15, 0.2) is 12.4 Å². The Kier molecular flexibility index (Phi) is 5.25. The first-order chi connectivity index (χ1) is 9.55. The second-order valence-electron chi connectivity index (χ2n) is 7.11. The molecular formula is C17H31N3. The summed E-state index contributed by atoms with van der Waals surface area (Å²) in [5.41, 5.74) is 1.92. The van der Waals surface area contributed by atoms with E-state index in [9.17, 15) is 0 Å². The van der Waals surface area contributed by atoms with Gasteiger partial charge < -0.3 is 5.32 Å². The normalized spacial score (nSPS) is 25.8. The minimum Gasteiger partial charge on any atom is -0.316 e. The summed E-state index contributed by atoms with van der Waals surface area (Å²) < 4.78 is 2.06. The summed E-state index contributed by atoms with van der Waals surface area (Å²) in [5.74, 6) is 1.44. The SMILES string of the molecule is CCCNCC1CCC(C)(C)CC1c1cnn(CC)c1. The van der Waals surface area contributed by atoms with Gasteiger partial charge in [0.25, 0.3) is 0 Å². The summed E-state index contributed by atoms with van der Waals surface area (Å²) in [7, 11) is 0. The van der Waals surface area contributed by atoms with Crippen LogP contribution in [0.1, 0.15) is 64.9 Å². The lowest BCUT2D eigenvalue weighted by Gasteiger charge is -2.40. The zero-order valence-electron chi connectivity index (χ0n) is 13.7. The van der Waals surface area contributed by atoms with Crippen molar-refractivity contribution in [3.8, 4) is 0 Å². The summed E-state index contributed by atoms with van der Waals surface area (Å²) in [6.07, 6.45) is 9.56. The van der Waals surface area contributed by atoms with Crippen molar-refractivity contribution in [1.29, 1.82) is 0 Å². The van der Waals surface area contributed by atoms with Gasteiger partial charge in [-0.1, -0.05) is 20.8 Å². The summed E-state index contributed by atoms with van der Waals surface area (Å²) in [6, 6.07) is 0. The van der Waals surface area contributed by atoms with Crippen molar-refractivity contribution in [3.05, 3.63) is 18.0 Å². The maximum absolute atomic E-state index is 4.48. The molecule has 2 unspecified atom stereocenters. The van der Waals surface area contributed by atoms with Crippen LogP contribution in [0.3, 0.4) is 0 Å². The Balaban J connectivity index is 2.09. The number of nitrogens with one attached hydrogen (secondary N) is 1. The molecule has 1 aromatic rings. The lowest BCUT2D eigenvalue weighted by Crippen LogP contribution is -2.35. The quantitative estimate of drug-likeness (QED) is 0.801. The Labute approximate surface area is 124 Å². The minimum absolute atomic E-state index is 0.472. The van der Waals surface area contributed by atoms with E-state index in [2.05, 4.69) is 55.2 Å². The summed E-state index contributed by atoms with van der Waals surface area (Å²) in [4.78, 5) is 0. The Morgan fingerprint density at radius 2 is 2.20 bits per heavy atom. The van der Waals surface area contributed by atoms with Gasteiger partial charge in [0.1, 0.15) is 0 Å². The maximum atomic E-state index is 4.48. The second kappa shape index (κ2) is 6.75. The average Bonchev–Trinajstić information content (AvgIpc) is 2.89. The Morgan fingerprint density at radius 3 is 2.85 bits per heavy atom. The van der Waals surface area contributed by atoms with E-state index in [1.165, 1.54) is 31.2 Å². The fourth-order valence-electron chi connectivity index (χ4n) is 3.48. The van der Waals surface area contributed by atoms with Gasteiger partial charge >= 0.3 is 0 Å². The summed E-state index contributed by atoms with van der Waals surface area (Å²) in [6.45, 7) is 12.5. The van der Waals surface area contributed by atoms with Crippen LogP contribution in [-0.4, -0.2) is 22.9 Å². The van der Waals surface area contributed by atoms with Crippen LogP contribution in [-0.2, 0) is 6.54 Å².